The number of nitrogens with zero attached hydrogens (tertiary/aromatic N) is 1. The zero-order valence-corrected chi connectivity index (χ0v) is 9.69. The number of hydrogen-bond acceptors (Lipinski definition) is 3. The molecule has 0 atom stereocenters. The highest BCUT2D eigenvalue weighted by Crippen LogP contribution is 1.97. The summed E-state index contributed by atoms with van der Waals surface area (Å²) in [5, 5.41) is 0. The molecule has 86 valence electrons. The summed E-state index contributed by atoms with van der Waals surface area (Å²) in [4.78, 5) is 22.6. The highest BCUT2D eigenvalue weighted by molar-refractivity contribution is 5.87. The van der Waals surface area contributed by atoms with Crippen molar-refractivity contribution in [2.24, 2.45) is 0 Å². The van der Waals surface area contributed by atoms with Gasteiger partial charge in [0.15, 0.2) is 0 Å². The van der Waals surface area contributed by atoms with Crippen LogP contribution in [0.3, 0.4) is 0 Å². The third-order valence-corrected chi connectivity index (χ3v) is 2.25. The number of methoxy groups -OCH3 is 1. The van der Waals surface area contributed by atoms with E-state index in [0.717, 1.165) is 5.56 Å². The molecule has 0 bridgehead atoms. The molecule has 0 saturated heterocycles. The molecule has 4 nitrogen and oxygen atoms in total. The number of esters is 1. The van der Waals surface area contributed by atoms with Crippen molar-refractivity contribution in [1.82, 2.24) is 4.57 Å². The number of rotatable bonds is 3. The van der Waals surface area contributed by atoms with Crippen LogP contribution in [0.2, 0.25) is 0 Å². The molecule has 16 heavy (non-hydrogen) atoms. The zero-order chi connectivity index (χ0) is 12.1. The third-order valence-electron chi connectivity index (χ3n) is 2.25. The van der Waals surface area contributed by atoms with E-state index in [0.29, 0.717) is 12.1 Å². The summed E-state index contributed by atoms with van der Waals surface area (Å²) in [6, 6.07) is 3.41. The van der Waals surface area contributed by atoms with Crippen molar-refractivity contribution in [3.63, 3.8) is 0 Å². The molecule has 0 saturated carbocycles. The number of ether oxygens (including phenoxy) is 1. The Bertz CT molecular complexity index is 471. The van der Waals surface area contributed by atoms with Gasteiger partial charge in [-0.1, -0.05) is 6.08 Å². The maximum atomic E-state index is 11.5. The first-order chi connectivity index (χ1) is 7.54. The molecule has 1 heterocycles. The predicted octanol–water partition coefficient (Wildman–Crippen LogP) is 1.28. The molecule has 0 unspecified atom stereocenters. The molecule has 0 spiro atoms. The Morgan fingerprint density at radius 2 is 2.25 bits per heavy atom. The molecule has 4 heteroatoms. The number of allylic oxidation sites excluding steroid dienone is 1. The molecule has 0 amide bonds. The van der Waals surface area contributed by atoms with Crippen molar-refractivity contribution < 1.29 is 9.53 Å². The summed E-state index contributed by atoms with van der Waals surface area (Å²) in [5.74, 6) is -0.375. The van der Waals surface area contributed by atoms with E-state index in [9.17, 15) is 9.59 Å². The molecule has 1 aromatic heterocycles. The van der Waals surface area contributed by atoms with E-state index in [-0.39, 0.29) is 11.5 Å². The van der Waals surface area contributed by atoms with Crippen molar-refractivity contribution in [1.29, 1.82) is 0 Å². The van der Waals surface area contributed by atoms with E-state index >= 15 is 0 Å². The third kappa shape index (κ3) is 3.08. The van der Waals surface area contributed by atoms with Crippen LogP contribution in [0.1, 0.15) is 12.5 Å². The van der Waals surface area contributed by atoms with Crippen LogP contribution in [0.4, 0.5) is 0 Å². The van der Waals surface area contributed by atoms with Crippen LogP contribution >= 0.6 is 0 Å². The Labute approximate surface area is 94.2 Å². The van der Waals surface area contributed by atoms with Gasteiger partial charge in [-0.2, -0.15) is 0 Å². The molecule has 1 rings (SSSR count). The fourth-order valence-electron chi connectivity index (χ4n) is 1.24. The van der Waals surface area contributed by atoms with Gasteiger partial charge in [0.2, 0.25) is 0 Å². The van der Waals surface area contributed by atoms with Gasteiger partial charge in [0.25, 0.3) is 5.56 Å². The van der Waals surface area contributed by atoms with E-state index < -0.39 is 0 Å². The van der Waals surface area contributed by atoms with Gasteiger partial charge in [-0.25, -0.2) is 4.79 Å². The van der Waals surface area contributed by atoms with Crippen molar-refractivity contribution >= 4 is 5.97 Å². The van der Waals surface area contributed by atoms with Crippen LogP contribution in [0.15, 0.2) is 34.8 Å². The summed E-state index contributed by atoms with van der Waals surface area (Å²) in [7, 11) is 1.33. The predicted molar refractivity (Wildman–Crippen MR) is 61.2 cm³/mol. The minimum Gasteiger partial charge on any atom is -0.466 e. The summed E-state index contributed by atoms with van der Waals surface area (Å²) >= 11 is 0. The van der Waals surface area contributed by atoms with Gasteiger partial charge in [-0.05, 0) is 25.5 Å². The summed E-state index contributed by atoms with van der Waals surface area (Å²) < 4.78 is 6.08. The molecule has 1 aromatic rings. The average molecular weight is 221 g/mol. The molecular weight excluding hydrogens is 206 g/mol. The molecule has 0 aliphatic rings. The molecule has 0 aliphatic heterocycles. The quantitative estimate of drug-likeness (QED) is 0.570. The van der Waals surface area contributed by atoms with Crippen molar-refractivity contribution in [2.45, 2.75) is 20.4 Å². The maximum absolute atomic E-state index is 11.5. The van der Waals surface area contributed by atoms with Crippen LogP contribution in [-0.2, 0) is 16.1 Å². The smallest absolute Gasteiger partial charge is 0.333 e. The topological polar surface area (TPSA) is 48.3 Å². The minimum atomic E-state index is -0.375. The van der Waals surface area contributed by atoms with Crippen molar-refractivity contribution in [3.05, 3.63) is 45.9 Å². The lowest BCUT2D eigenvalue weighted by atomic mass is 10.2. The molecule has 0 aliphatic carbocycles. The lowest BCUT2D eigenvalue weighted by Gasteiger charge is -2.03. The summed E-state index contributed by atoms with van der Waals surface area (Å²) in [5.41, 5.74) is 1.35. The van der Waals surface area contributed by atoms with Gasteiger partial charge in [0, 0.05) is 24.4 Å². The molecule has 0 fully saturated rings. The SMILES string of the molecule is COC(=O)C(C)=CCn1ccc(C)cc1=O. The van der Waals surface area contributed by atoms with Crippen LogP contribution in [0, 0.1) is 6.92 Å². The summed E-state index contributed by atoms with van der Waals surface area (Å²) in [6.07, 6.45) is 3.38. The largest absolute Gasteiger partial charge is 0.466 e. The Morgan fingerprint density at radius 3 is 2.81 bits per heavy atom. The van der Waals surface area contributed by atoms with Crippen LogP contribution in [0.5, 0.6) is 0 Å². The zero-order valence-electron chi connectivity index (χ0n) is 9.69. The highest BCUT2D eigenvalue weighted by atomic mass is 16.5. The first-order valence-corrected chi connectivity index (χ1v) is 4.96. The first kappa shape index (κ1) is 12.2. The number of carbonyl (C=O) groups is 1. The Hall–Kier alpha value is -1.84. The number of carbonyl (C=O) groups excluding carboxylic acids is 1. The lowest BCUT2D eigenvalue weighted by molar-refractivity contribution is -0.136. The fourth-order valence-corrected chi connectivity index (χ4v) is 1.24. The second-order valence-electron chi connectivity index (χ2n) is 3.57. The van der Waals surface area contributed by atoms with E-state index in [2.05, 4.69) is 4.74 Å². The fraction of sp³-hybridized carbons (Fsp3) is 0.333. The first-order valence-electron chi connectivity index (χ1n) is 4.96. The van der Waals surface area contributed by atoms with Crippen LogP contribution in [-0.4, -0.2) is 17.6 Å². The Morgan fingerprint density at radius 1 is 1.56 bits per heavy atom. The lowest BCUT2D eigenvalue weighted by Crippen LogP contribution is -2.18. The van der Waals surface area contributed by atoms with E-state index in [4.69, 9.17) is 0 Å². The number of hydrogen-bond donors (Lipinski definition) is 0. The van der Waals surface area contributed by atoms with Gasteiger partial charge in [0.1, 0.15) is 0 Å². The van der Waals surface area contributed by atoms with Gasteiger partial charge in [-0.15, -0.1) is 0 Å². The Balaban J connectivity index is 2.82. The number of aromatic nitrogens is 1. The normalized spacial score (nSPS) is 11.3. The van der Waals surface area contributed by atoms with Crippen molar-refractivity contribution in [3.8, 4) is 0 Å². The molecule has 0 aromatic carbocycles. The van der Waals surface area contributed by atoms with E-state index in [1.165, 1.54) is 11.7 Å². The van der Waals surface area contributed by atoms with E-state index in [1.807, 2.05) is 13.0 Å². The number of pyridine rings is 1. The second kappa shape index (κ2) is 5.30. The minimum absolute atomic E-state index is 0.0751. The average Bonchev–Trinajstić information content (AvgIpc) is 2.26. The standard InChI is InChI=1S/C12H15NO3/c1-9-4-6-13(11(14)8-9)7-5-10(2)12(15)16-3/h4-6,8H,7H2,1-3H3. The Kier molecular flexibility index (Phi) is 4.05. The second-order valence-corrected chi connectivity index (χ2v) is 3.57. The van der Waals surface area contributed by atoms with Gasteiger partial charge < -0.3 is 9.30 Å². The maximum Gasteiger partial charge on any atom is 0.333 e. The monoisotopic (exact) mass is 221 g/mol. The van der Waals surface area contributed by atoms with Gasteiger partial charge in [-0.3, -0.25) is 4.79 Å². The van der Waals surface area contributed by atoms with Crippen LogP contribution < -0.4 is 5.56 Å². The van der Waals surface area contributed by atoms with Gasteiger partial charge in [0.05, 0.1) is 7.11 Å². The van der Waals surface area contributed by atoms with E-state index in [1.54, 1.807) is 25.3 Å². The summed E-state index contributed by atoms with van der Waals surface area (Å²) in [6.45, 7) is 3.90. The molecular formula is C12H15NO3. The molecule has 0 N–H and O–H groups in total. The van der Waals surface area contributed by atoms with Crippen LogP contribution in [0.25, 0.3) is 0 Å². The molecule has 0 radical (unpaired) electrons. The number of aryl methyl sites for hydroxylation is 1. The highest BCUT2D eigenvalue weighted by Gasteiger charge is 2.02. The van der Waals surface area contributed by atoms with Crippen molar-refractivity contribution in [2.75, 3.05) is 7.11 Å². The van der Waals surface area contributed by atoms with Gasteiger partial charge >= 0.3 is 5.97 Å².